The average molecular weight is 521 g/mol. The number of rotatable bonds is 5. The van der Waals surface area contributed by atoms with Crippen molar-refractivity contribution < 1.29 is 27.5 Å². The van der Waals surface area contributed by atoms with E-state index in [0.717, 1.165) is 7.11 Å². The number of ether oxygens (including phenoxy) is 2. The van der Waals surface area contributed by atoms with Gasteiger partial charge < -0.3 is 9.47 Å². The number of hydrogen-bond donors (Lipinski definition) is 2. The summed E-state index contributed by atoms with van der Waals surface area (Å²) >= 11 is 1.92. The third-order valence-electron chi connectivity index (χ3n) is 3.38. The number of aryl methyl sites for hydroxylation is 1. The van der Waals surface area contributed by atoms with Gasteiger partial charge >= 0.3 is 18.0 Å². The zero-order valence-corrected chi connectivity index (χ0v) is 18.2. The van der Waals surface area contributed by atoms with E-state index in [9.17, 15) is 18.0 Å². The van der Waals surface area contributed by atoms with Crippen LogP contribution in [-0.4, -0.2) is 49.6 Å². The Labute approximate surface area is 174 Å². The van der Waals surface area contributed by atoms with Gasteiger partial charge in [-0.25, -0.2) is 22.7 Å². The maximum absolute atomic E-state index is 12.8. The highest BCUT2D eigenvalue weighted by molar-refractivity contribution is 14.1. The Hall–Kier alpha value is -2.55. The van der Waals surface area contributed by atoms with E-state index in [1.165, 1.54) is 20.1 Å². The second-order valence-corrected chi connectivity index (χ2v) is 8.07. The molecule has 1 aromatic heterocycles. The molecule has 1 aromatic carbocycles. The predicted octanol–water partition coefficient (Wildman–Crippen LogP) is 1.40. The molecule has 2 amide bonds. The number of nitrogens with zero attached hydrogens (tertiary/aromatic N) is 3. The van der Waals surface area contributed by atoms with Gasteiger partial charge in [-0.2, -0.15) is 15.0 Å². The number of halogens is 1. The number of carbonyl (C=O) groups is 2. The summed E-state index contributed by atoms with van der Waals surface area (Å²) in [7, 11) is -1.96. The summed E-state index contributed by atoms with van der Waals surface area (Å²) < 4.78 is 37.5. The molecule has 0 atom stereocenters. The number of benzene rings is 1. The van der Waals surface area contributed by atoms with Crippen LogP contribution in [0.15, 0.2) is 17.0 Å². The summed E-state index contributed by atoms with van der Waals surface area (Å²) in [5.41, 5.74) is 0.0971. The van der Waals surface area contributed by atoms with Crippen molar-refractivity contribution in [3.63, 3.8) is 0 Å². The van der Waals surface area contributed by atoms with Crippen molar-refractivity contribution in [2.45, 2.75) is 18.7 Å². The molecule has 2 N–H and O–H groups in total. The van der Waals surface area contributed by atoms with Crippen LogP contribution in [0, 0.1) is 17.4 Å². The number of methoxy groups -OCH3 is 2. The number of aromatic nitrogens is 3. The normalized spacial score (nSPS) is 10.9. The first kappa shape index (κ1) is 21.7. The molecule has 0 saturated carbocycles. The number of hydrogen-bond acceptors (Lipinski definition) is 9. The van der Waals surface area contributed by atoms with Crippen molar-refractivity contribution in [3.05, 3.63) is 32.7 Å². The molecule has 0 bridgehead atoms. The Morgan fingerprint density at radius 3 is 2.39 bits per heavy atom. The van der Waals surface area contributed by atoms with Crippen LogP contribution in [-0.2, 0) is 14.8 Å². The molecule has 28 heavy (non-hydrogen) atoms. The molecule has 0 unspecified atom stereocenters. The van der Waals surface area contributed by atoms with E-state index in [1.54, 1.807) is 13.0 Å². The first-order valence-electron chi connectivity index (χ1n) is 7.57. The maximum Gasteiger partial charge on any atom is 0.339 e. The first-order chi connectivity index (χ1) is 13.1. The molecule has 0 fully saturated rings. The van der Waals surface area contributed by atoms with Crippen molar-refractivity contribution in [1.29, 1.82) is 0 Å². The Morgan fingerprint density at radius 1 is 1.11 bits per heavy atom. The van der Waals surface area contributed by atoms with Crippen LogP contribution in [0.5, 0.6) is 6.01 Å². The van der Waals surface area contributed by atoms with Crippen molar-refractivity contribution in [2.24, 2.45) is 0 Å². The molecule has 2 rings (SSSR count). The lowest BCUT2D eigenvalue weighted by Crippen LogP contribution is -2.36. The standard InChI is InChI=1S/C15H16IN5O6S/c1-7-10(16)6-5-9(12(22)26-3)11(7)28(24,25)21-14(23)19-13-17-8(2)18-15(20-13)27-4/h5-6H,1-4H3,(H2,17,18,19,20,21,23). The molecule has 0 radical (unpaired) electrons. The molecular weight excluding hydrogens is 505 g/mol. The Morgan fingerprint density at radius 2 is 1.79 bits per heavy atom. The molecule has 0 aliphatic carbocycles. The van der Waals surface area contributed by atoms with Gasteiger partial charge in [0.15, 0.2) is 0 Å². The monoisotopic (exact) mass is 521 g/mol. The zero-order valence-electron chi connectivity index (χ0n) is 15.2. The SMILES string of the molecule is COC(=O)c1ccc(I)c(C)c1S(=O)(=O)NC(=O)Nc1nc(C)nc(OC)n1. The second-order valence-electron chi connectivity index (χ2n) is 5.29. The lowest BCUT2D eigenvalue weighted by atomic mass is 10.1. The maximum atomic E-state index is 12.8. The molecular formula is C15H16IN5O6S. The molecule has 2 aromatic rings. The van der Waals surface area contributed by atoms with Crippen molar-refractivity contribution in [1.82, 2.24) is 19.7 Å². The molecule has 150 valence electrons. The van der Waals surface area contributed by atoms with Gasteiger partial charge in [-0.1, -0.05) is 0 Å². The number of amides is 2. The fraction of sp³-hybridized carbons (Fsp3) is 0.267. The van der Waals surface area contributed by atoms with Crippen LogP contribution >= 0.6 is 22.6 Å². The van der Waals surface area contributed by atoms with Crippen LogP contribution in [0.25, 0.3) is 0 Å². The van der Waals surface area contributed by atoms with E-state index in [2.05, 4.69) is 25.0 Å². The zero-order chi connectivity index (χ0) is 21.1. The second kappa shape index (κ2) is 8.64. The van der Waals surface area contributed by atoms with E-state index in [4.69, 9.17) is 4.74 Å². The number of esters is 1. The highest BCUT2D eigenvalue weighted by Gasteiger charge is 2.28. The number of carbonyl (C=O) groups excluding carboxylic acids is 2. The number of anilines is 1. The fourth-order valence-electron chi connectivity index (χ4n) is 2.19. The topological polar surface area (TPSA) is 149 Å². The van der Waals surface area contributed by atoms with Crippen LogP contribution in [0.3, 0.4) is 0 Å². The molecule has 0 saturated heterocycles. The number of sulfonamides is 1. The van der Waals surface area contributed by atoms with Gasteiger partial charge in [0, 0.05) is 3.57 Å². The van der Waals surface area contributed by atoms with Gasteiger partial charge in [-0.3, -0.25) is 5.32 Å². The summed E-state index contributed by atoms with van der Waals surface area (Å²) in [6, 6.07) is 1.71. The van der Waals surface area contributed by atoms with Crippen molar-refractivity contribution >= 4 is 50.6 Å². The first-order valence-corrected chi connectivity index (χ1v) is 10.1. The van der Waals surface area contributed by atoms with E-state index in [0.29, 0.717) is 9.13 Å². The highest BCUT2D eigenvalue weighted by Crippen LogP contribution is 2.25. The highest BCUT2D eigenvalue weighted by atomic mass is 127. The lowest BCUT2D eigenvalue weighted by molar-refractivity contribution is 0.0596. The minimum absolute atomic E-state index is 0.0490. The summed E-state index contributed by atoms with van der Waals surface area (Å²) in [6.45, 7) is 3.06. The van der Waals surface area contributed by atoms with E-state index in [-0.39, 0.29) is 28.2 Å². The lowest BCUT2D eigenvalue weighted by Gasteiger charge is -2.14. The van der Waals surface area contributed by atoms with Crippen LogP contribution in [0.1, 0.15) is 21.7 Å². The van der Waals surface area contributed by atoms with E-state index < -0.39 is 22.0 Å². The largest absolute Gasteiger partial charge is 0.467 e. The van der Waals surface area contributed by atoms with Gasteiger partial charge in [0.05, 0.1) is 19.8 Å². The van der Waals surface area contributed by atoms with Gasteiger partial charge in [0.25, 0.3) is 10.0 Å². The smallest absolute Gasteiger partial charge is 0.339 e. The van der Waals surface area contributed by atoms with Gasteiger partial charge in [-0.15, -0.1) is 0 Å². The summed E-state index contributed by atoms with van der Waals surface area (Å²) in [5, 5.41) is 2.19. The number of urea groups is 1. The predicted molar refractivity (Wildman–Crippen MR) is 106 cm³/mol. The van der Waals surface area contributed by atoms with E-state index in [1.807, 2.05) is 27.3 Å². The summed E-state index contributed by atoms with van der Waals surface area (Å²) in [4.78, 5) is 35.3. The van der Waals surface area contributed by atoms with E-state index >= 15 is 0 Å². The van der Waals surface area contributed by atoms with Crippen LogP contribution in [0.4, 0.5) is 10.7 Å². The molecule has 0 aliphatic heterocycles. The molecule has 0 aliphatic rings. The minimum Gasteiger partial charge on any atom is -0.467 e. The molecule has 11 nitrogen and oxygen atoms in total. The Bertz CT molecular complexity index is 1040. The minimum atomic E-state index is -4.41. The van der Waals surface area contributed by atoms with Crippen LogP contribution in [0.2, 0.25) is 0 Å². The van der Waals surface area contributed by atoms with Gasteiger partial charge in [-0.05, 0) is 54.1 Å². The average Bonchev–Trinajstić information content (AvgIpc) is 2.61. The molecule has 1 heterocycles. The van der Waals surface area contributed by atoms with Crippen molar-refractivity contribution in [3.8, 4) is 6.01 Å². The Kier molecular flexibility index (Phi) is 6.71. The van der Waals surface area contributed by atoms with Gasteiger partial charge in [0.1, 0.15) is 10.7 Å². The van der Waals surface area contributed by atoms with Gasteiger partial charge in [0.2, 0.25) is 5.95 Å². The van der Waals surface area contributed by atoms with Crippen LogP contribution < -0.4 is 14.8 Å². The molecule has 0 spiro atoms. The molecule has 13 heteroatoms. The summed E-state index contributed by atoms with van der Waals surface area (Å²) in [6.07, 6.45) is 0. The third kappa shape index (κ3) is 4.83. The quantitative estimate of drug-likeness (QED) is 0.440. The number of nitrogens with one attached hydrogen (secondary N) is 2. The fourth-order valence-corrected chi connectivity index (χ4v) is 4.17. The third-order valence-corrected chi connectivity index (χ3v) is 6.06. The summed E-state index contributed by atoms with van der Waals surface area (Å²) in [5.74, 6) is -0.797. The Balaban J connectivity index is 2.36. The van der Waals surface area contributed by atoms with Crippen molar-refractivity contribution in [2.75, 3.05) is 19.5 Å².